The van der Waals surface area contributed by atoms with Crippen LogP contribution in [0.25, 0.3) is 0 Å². The third-order valence-corrected chi connectivity index (χ3v) is 3.01. The lowest BCUT2D eigenvalue weighted by Gasteiger charge is -2.25. The second-order valence-electron chi connectivity index (χ2n) is 4.82. The van der Waals surface area contributed by atoms with E-state index in [0.717, 1.165) is 0 Å². The van der Waals surface area contributed by atoms with E-state index in [4.69, 9.17) is 20.4 Å². The molecule has 0 amide bonds. The summed E-state index contributed by atoms with van der Waals surface area (Å²) < 4.78 is 4.17. The molecular formula is C12H18O13. The van der Waals surface area contributed by atoms with Crippen LogP contribution in [0.5, 0.6) is 0 Å². The third-order valence-electron chi connectivity index (χ3n) is 3.01. The molecule has 0 bridgehead atoms. The van der Waals surface area contributed by atoms with Crippen molar-refractivity contribution in [3.8, 4) is 0 Å². The maximum atomic E-state index is 11.5. The van der Waals surface area contributed by atoms with E-state index in [9.17, 15) is 39.6 Å². The summed E-state index contributed by atoms with van der Waals surface area (Å²) in [5, 5.41) is 72.6. The first-order chi connectivity index (χ1) is 11.5. The Hall–Kier alpha value is -2.00. The lowest BCUT2D eigenvalue weighted by Crippen LogP contribution is -2.51. The summed E-state index contributed by atoms with van der Waals surface area (Å²) in [6.45, 7) is -1.06. The average molecular weight is 370 g/mol. The second-order valence-corrected chi connectivity index (χ2v) is 4.82. The maximum absolute atomic E-state index is 11.5. The molecule has 8 N–H and O–H groups in total. The Morgan fingerprint density at radius 3 is 1.80 bits per heavy atom. The molecule has 0 aliphatic carbocycles. The Morgan fingerprint density at radius 1 is 0.880 bits per heavy atom. The standard InChI is InChI=1S/C12H18O13/c13-1-3(15)5(16)7(18)10(21)12(24)25-4(2-14)6(17)8(19)9(20)11(22)23/h2-9,13,15-20H,1H2,(H,22,23)/t3-,4-,5+,6+,7-,8-,9-/m0/s1. The van der Waals surface area contributed by atoms with E-state index in [2.05, 4.69) is 4.74 Å². The number of carboxylic acid groups (broad SMARTS) is 1. The number of esters is 1. The van der Waals surface area contributed by atoms with Gasteiger partial charge in [-0.15, -0.1) is 0 Å². The topological polar surface area (TPSA) is 239 Å². The molecule has 0 aliphatic heterocycles. The summed E-state index contributed by atoms with van der Waals surface area (Å²) in [5.74, 6) is -5.81. The molecule has 7 atom stereocenters. The van der Waals surface area contributed by atoms with Crippen molar-refractivity contribution >= 4 is 24.0 Å². The monoisotopic (exact) mass is 370 g/mol. The van der Waals surface area contributed by atoms with Gasteiger partial charge in [-0.3, -0.25) is 9.59 Å². The van der Waals surface area contributed by atoms with Gasteiger partial charge in [-0.2, -0.15) is 0 Å². The predicted octanol–water partition coefficient (Wildman–Crippen LogP) is -6.09. The van der Waals surface area contributed by atoms with Crippen molar-refractivity contribution in [3.63, 3.8) is 0 Å². The van der Waals surface area contributed by atoms with Crippen molar-refractivity contribution in [2.45, 2.75) is 42.7 Å². The van der Waals surface area contributed by atoms with Gasteiger partial charge in [0.15, 0.2) is 24.6 Å². The molecule has 13 nitrogen and oxygen atoms in total. The molecule has 0 aromatic heterocycles. The molecule has 0 aliphatic rings. The summed E-state index contributed by atoms with van der Waals surface area (Å²) in [5.41, 5.74) is 0. The van der Waals surface area contributed by atoms with Gasteiger partial charge in [-0.25, -0.2) is 9.59 Å². The van der Waals surface area contributed by atoms with Gasteiger partial charge >= 0.3 is 11.9 Å². The number of rotatable bonds is 11. The molecule has 0 aromatic carbocycles. The molecular weight excluding hydrogens is 352 g/mol. The molecule has 0 heterocycles. The second kappa shape index (κ2) is 10.1. The van der Waals surface area contributed by atoms with Crippen LogP contribution in [0.1, 0.15) is 0 Å². The summed E-state index contributed by atoms with van der Waals surface area (Å²) in [6, 6.07) is 0. The van der Waals surface area contributed by atoms with E-state index in [1.165, 1.54) is 0 Å². The summed E-state index contributed by atoms with van der Waals surface area (Å²) in [7, 11) is 0. The molecule has 0 unspecified atom stereocenters. The van der Waals surface area contributed by atoms with Crippen molar-refractivity contribution in [3.05, 3.63) is 0 Å². The van der Waals surface area contributed by atoms with Crippen LogP contribution in [0.3, 0.4) is 0 Å². The van der Waals surface area contributed by atoms with Gasteiger partial charge in [-0.05, 0) is 0 Å². The Balaban J connectivity index is 5.01. The van der Waals surface area contributed by atoms with E-state index in [-0.39, 0.29) is 6.29 Å². The SMILES string of the molecule is O=C[C@H](OC(=O)C(=O)[C@@H](O)[C@H](O)[C@@H](O)CO)[C@@H](O)[C@H](O)[C@H](O)C(=O)O. The Bertz CT molecular complexity index is 491. The first kappa shape index (κ1) is 23.0. The molecule has 13 heteroatoms. The predicted molar refractivity (Wildman–Crippen MR) is 71.7 cm³/mol. The fourth-order valence-corrected chi connectivity index (χ4v) is 1.48. The Labute approximate surface area is 139 Å². The van der Waals surface area contributed by atoms with Crippen LogP contribution in [-0.4, -0.2) is 114 Å². The average Bonchev–Trinajstić information content (AvgIpc) is 2.60. The number of ether oxygens (including phenoxy) is 1. The van der Waals surface area contributed by atoms with Crippen molar-refractivity contribution in [2.24, 2.45) is 0 Å². The number of Topliss-reactive ketones (excluding diaryl/α,β-unsaturated/α-hetero) is 1. The van der Waals surface area contributed by atoms with Crippen molar-refractivity contribution in [2.75, 3.05) is 6.61 Å². The van der Waals surface area contributed by atoms with Crippen LogP contribution < -0.4 is 0 Å². The first-order valence-corrected chi connectivity index (χ1v) is 6.61. The quantitative estimate of drug-likeness (QED) is 0.0960. The highest BCUT2D eigenvalue weighted by Crippen LogP contribution is 2.10. The molecule has 144 valence electrons. The van der Waals surface area contributed by atoms with Crippen LogP contribution in [0.2, 0.25) is 0 Å². The molecule has 0 saturated heterocycles. The van der Waals surface area contributed by atoms with Crippen molar-refractivity contribution in [1.29, 1.82) is 0 Å². The van der Waals surface area contributed by atoms with E-state index in [1.807, 2.05) is 0 Å². The van der Waals surface area contributed by atoms with E-state index in [0.29, 0.717) is 0 Å². The van der Waals surface area contributed by atoms with Crippen LogP contribution in [0, 0.1) is 0 Å². The van der Waals surface area contributed by atoms with Gasteiger partial charge < -0.3 is 45.6 Å². The zero-order chi connectivity index (χ0) is 19.9. The lowest BCUT2D eigenvalue weighted by molar-refractivity contribution is -0.179. The summed E-state index contributed by atoms with van der Waals surface area (Å²) >= 11 is 0. The van der Waals surface area contributed by atoms with Gasteiger partial charge in [0.1, 0.15) is 24.4 Å². The zero-order valence-corrected chi connectivity index (χ0v) is 12.4. The summed E-state index contributed by atoms with van der Waals surface area (Å²) in [4.78, 5) is 44.2. The van der Waals surface area contributed by atoms with Crippen LogP contribution in [0.4, 0.5) is 0 Å². The normalized spacial score (nSPS) is 19.6. The number of hydrogen-bond acceptors (Lipinski definition) is 12. The minimum absolute atomic E-state index is 0.293. The third kappa shape index (κ3) is 6.09. The van der Waals surface area contributed by atoms with Gasteiger partial charge in [0.2, 0.25) is 0 Å². The molecule has 0 aromatic rings. The molecule has 0 radical (unpaired) electrons. The van der Waals surface area contributed by atoms with Crippen molar-refractivity contribution < 1.29 is 64.8 Å². The highest BCUT2D eigenvalue weighted by atomic mass is 16.6. The smallest absolute Gasteiger partial charge is 0.378 e. The highest BCUT2D eigenvalue weighted by Gasteiger charge is 2.40. The summed E-state index contributed by atoms with van der Waals surface area (Å²) in [6.07, 6.45) is -16.8. The van der Waals surface area contributed by atoms with Gasteiger partial charge in [-0.1, -0.05) is 0 Å². The van der Waals surface area contributed by atoms with E-state index >= 15 is 0 Å². The molecule has 25 heavy (non-hydrogen) atoms. The number of aliphatic hydroxyl groups is 7. The number of aliphatic hydroxyl groups excluding tert-OH is 7. The van der Waals surface area contributed by atoms with Crippen LogP contribution in [-0.2, 0) is 23.9 Å². The number of carboxylic acids is 1. The number of carbonyl (C=O) groups excluding carboxylic acids is 3. The first-order valence-electron chi connectivity index (χ1n) is 6.61. The Kier molecular flexibility index (Phi) is 9.29. The van der Waals surface area contributed by atoms with E-state index < -0.39 is 67.1 Å². The number of hydrogen-bond donors (Lipinski definition) is 8. The van der Waals surface area contributed by atoms with Gasteiger partial charge in [0, 0.05) is 0 Å². The minimum atomic E-state index is -2.55. The van der Waals surface area contributed by atoms with Gasteiger partial charge in [0.25, 0.3) is 5.78 Å². The number of ketones is 1. The van der Waals surface area contributed by atoms with Gasteiger partial charge in [0.05, 0.1) is 6.61 Å². The maximum Gasteiger partial charge on any atom is 0.378 e. The lowest BCUT2D eigenvalue weighted by atomic mass is 10.0. The van der Waals surface area contributed by atoms with Crippen LogP contribution in [0.15, 0.2) is 0 Å². The molecule has 0 saturated carbocycles. The zero-order valence-electron chi connectivity index (χ0n) is 12.4. The fourth-order valence-electron chi connectivity index (χ4n) is 1.48. The number of aldehydes is 1. The molecule has 0 fully saturated rings. The minimum Gasteiger partial charge on any atom is -0.479 e. The van der Waals surface area contributed by atoms with Crippen LogP contribution >= 0.6 is 0 Å². The Morgan fingerprint density at radius 2 is 1.40 bits per heavy atom. The fraction of sp³-hybridized carbons (Fsp3) is 0.667. The van der Waals surface area contributed by atoms with Crippen molar-refractivity contribution in [1.82, 2.24) is 0 Å². The molecule has 0 spiro atoms. The number of carbonyl (C=O) groups is 4. The largest absolute Gasteiger partial charge is 0.479 e. The highest BCUT2D eigenvalue weighted by molar-refractivity contribution is 6.35. The molecule has 0 rings (SSSR count). The number of aliphatic carboxylic acids is 1. The van der Waals surface area contributed by atoms with E-state index in [1.54, 1.807) is 0 Å².